The smallest absolute Gasteiger partial charge is 0.439 e. The first-order chi connectivity index (χ1) is 10.4. The first kappa shape index (κ1) is 16.6. The molecule has 0 amide bonds. The molecular weight excluding hydrogens is 350 g/mol. The third-order valence-electron chi connectivity index (χ3n) is 2.84. The lowest BCUT2D eigenvalue weighted by Crippen LogP contribution is -2.07. The Morgan fingerprint density at radius 3 is 2.64 bits per heavy atom. The van der Waals surface area contributed by atoms with Crippen LogP contribution in [-0.4, -0.2) is 9.91 Å². The van der Waals surface area contributed by atoms with E-state index < -0.39 is 12.1 Å². The number of nitrogens with zero attached hydrogens (tertiary/aromatic N) is 2. The highest BCUT2D eigenvalue weighted by Crippen LogP contribution is 2.36. The Hall–Kier alpha value is -1.75. The van der Waals surface area contributed by atoms with Gasteiger partial charge in [-0.25, -0.2) is 4.98 Å². The monoisotopic (exact) mass is 359 g/mol. The molecule has 0 N–H and O–H groups in total. The first-order valence-electron chi connectivity index (χ1n) is 6.16. The van der Waals surface area contributed by atoms with Gasteiger partial charge in [0.05, 0.1) is 9.95 Å². The predicted molar refractivity (Wildman–Crippen MR) is 84.9 cm³/mol. The van der Waals surface area contributed by atoms with Gasteiger partial charge in [0, 0.05) is 30.0 Å². The highest BCUT2D eigenvalue weighted by Gasteiger charge is 2.32. The Bertz CT molecular complexity index is 738. The zero-order chi connectivity index (χ0) is 16.3. The van der Waals surface area contributed by atoms with Crippen molar-refractivity contribution in [1.29, 1.82) is 0 Å². The Labute approximate surface area is 136 Å². The minimum Gasteiger partial charge on any atom is -0.439 e. The number of hydrogen-bond donors (Lipinski definition) is 0. The number of hydrogen-bond acceptors (Lipinski definition) is 5. The van der Waals surface area contributed by atoms with Gasteiger partial charge >= 0.3 is 12.8 Å². The van der Waals surface area contributed by atoms with Crippen molar-refractivity contribution in [3.8, 4) is 11.6 Å². The first-order valence-corrected chi connectivity index (χ1v) is 8.70. The summed E-state index contributed by atoms with van der Waals surface area (Å²) in [6.07, 6.45) is 1.90. The summed E-state index contributed by atoms with van der Waals surface area (Å²) in [6.45, 7) is 1.82. The molecule has 0 fully saturated rings. The van der Waals surface area contributed by atoms with Gasteiger partial charge in [0.15, 0.2) is 0 Å². The summed E-state index contributed by atoms with van der Waals surface area (Å²) < 4.78 is 17.1. The molecule has 2 rings (SSSR count). The molecule has 0 bridgehead atoms. The number of rotatable bonds is 5. The van der Waals surface area contributed by atoms with E-state index in [0.29, 0.717) is 22.8 Å². The Balaban J connectivity index is 2.50. The highest BCUT2D eigenvalue weighted by atomic mass is 35.7. The largest absolute Gasteiger partial charge is 0.501 e. The fourth-order valence-corrected chi connectivity index (χ4v) is 2.86. The van der Waals surface area contributed by atoms with Crippen LogP contribution in [0.4, 0.5) is 5.69 Å². The van der Waals surface area contributed by atoms with Crippen molar-refractivity contribution in [3.05, 3.63) is 51.2 Å². The molecule has 22 heavy (non-hydrogen) atoms. The van der Waals surface area contributed by atoms with Gasteiger partial charge in [0.1, 0.15) is 5.75 Å². The number of benzene rings is 1. The Morgan fingerprint density at radius 2 is 2.14 bits per heavy atom. The van der Waals surface area contributed by atoms with Crippen LogP contribution in [-0.2, 0) is 11.0 Å². The molecule has 0 saturated heterocycles. The van der Waals surface area contributed by atoms with E-state index in [1.165, 1.54) is 18.3 Å². The molecule has 2 aromatic rings. The van der Waals surface area contributed by atoms with Gasteiger partial charge in [0.2, 0.25) is 17.1 Å². The van der Waals surface area contributed by atoms with Crippen molar-refractivity contribution in [2.45, 2.75) is 13.3 Å². The second-order valence-corrected chi connectivity index (χ2v) is 6.55. The van der Waals surface area contributed by atoms with Gasteiger partial charge in [-0.1, -0.05) is 18.5 Å². The van der Waals surface area contributed by atoms with Crippen LogP contribution in [0, 0.1) is 10.1 Å². The number of aryl methyl sites for hydroxylation is 1. The molecule has 0 aliphatic heterocycles. The maximum absolute atomic E-state index is 11.5. The van der Waals surface area contributed by atoms with E-state index in [9.17, 15) is 14.7 Å². The molecule has 9 heteroatoms. The summed E-state index contributed by atoms with van der Waals surface area (Å²) in [5.74, 6) is 0.589. The fraction of sp³-hybridized carbons (Fsp3) is 0.154. The van der Waals surface area contributed by atoms with Crippen LogP contribution in [0.3, 0.4) is 0 Å². The molecule has 1 aromatic carbocycles. The van der Waals surface area contributed by atoms with Crippen molar-refractivity contribution in [2.24, 2.45) is 0 Å². The van der Waals surface area contributed by atoms with E-state index in [4.69, 9.17) is 27.6 Å². The average Bonchev–Trinajstić information content (AvgIpc) is 2.48. The van der Waals surface area contributed by atoms with Crippen LogP contribution in [0.15, 0.2) is 30.5 Å². The highest BCUT2D eigenvalue weighted by molar-refractivity contribution is 7.80. The van der Waals surface area contributed by atoms with Crippen LogP contribution >= 0.6 is 30.0 Å². The molecule has 0 aliphatic carbocycles. The molecule has 1 atom stereocenters. The van der Waals surface area contributed by atoms with Crippen molar-refractivity contribution in [1.82, 2.24) is 4.98 Å². The van der Waals surface area contributed by atoms with Crippen LogP contribution in [0.25, 0.3) is 0 Å². The third-order valence-corrected chi connectivity index (χ3v) is 4.35. The van der Waals surface area contributed by atoms with Crippen LogP contribution < -0.4 is 10.0 Å². The van der Waals surface area contributed by atoms with Gasteiger partial charge in [-0.2, -0.15) is 0 Å². The number of aromatic nitrogens is 1. The van der Waals surface area contributed by atoms with Gasteiger partial charge in [-0.15, -0.1) is 0 Å². The molecule has 1 heterocycles. The van der Waals surface area contributed by atoms with Crippen LogP contribution in [0.5, 0.6) is 11.6 Å². The zero-order valence-electron chi connectivity index (χ0n) is 11.3. The summed E-state index contributed by atoms with van der Waals surface area (Å²) in [7, 11) is -2.40. The van der Waals surface area contributed by atoms with Gasteiger partial charge in [-0.05, 0) is 17.1 Å². The summed E-state index contributed by atoms with van der Waals surface area (Å²) in [6, 6.07) is 5.79. The van der Waals surface area contributed by atoms with E-state index in [1.54, 1.807) is 12.1 Å². The minimum atomic E-state index is -2.40. The molecule has 0 saturated carbocycles. The van der Waals surface area contributed by atoms with E-state index in [1.807, 2.05) is 6.92 Å². The van der Waals surface area contributed by atoms with E-state index in [2.05, 4.69) is 4.98 Å². The van der Waals surface area contributed by atoms with Gasteiger partial charge < -0.3 is 4.74 Å². The quantitative estimate of drug-likeness (QED) is 0.442. The van der Waals surface area contributed by atoms with Crippen molar-refractivity contribution < 1.29 is 14.2 Å². The zero-order valence-corrected chi connectivity index (χ0v) is 13.7. The Kier molecular flexibility index (Phi) is 5.29. The van der Waals surface area contributed by atoms with Crippen LogP contribution in [0.1, 0.15) is 12.5 Å². The normalized spacial score (nSPS) is 11.1. The number of halogens is 2. The predicted octanol–water partition coefficient (Wildman–Crippen LogP) is 4.60. The molecule has 114 valence electrons. The maximum atomic E-state index is 11.5. The van der Waals surface area contributed by atoms with Crippen molar-refractivity contribution in [2.75, 3.05) is 0 Å². The second kappa shape index (κ2) is 7.01. The number of pyridine rings is 1. The topological polar surface area (TPSA) is 82.3 Å². The summed E-state index contributed by atoms with van der Waals surface area (Å²) in [5, 5.41) is 11.4. The number of ether oxygens (including phenoxy) is 1. The standard InChI is InChI=1S/C13H10Cl2N2O4P/c1-2-8-5-10(17(18)19)12(22(15)20)6-11(8)21-13-4-3-9(14)7-16-13/h3-7H,2H2,1H3/q+1. The lowest BCUT2D eigenvalue weighted by Gasteiger charge is -2.09. The van der Waals surface area contributed by atoms with E-state index >= 15 is 0 Å². The fourth-order valence-electron chi connectivity index (χ4n) is 1.79. The average molecular weight is 360 g/mol. The number of nitro benzene ring substituents is 1. The van der Waals surface area contributed by atoms with Crippen molar-refractivity contribution >= 4 is 41.0 Å². The van der Waals surface area contributed by atoms with E-state index in [-0.39, 0.29) is 16.9 Å². The molecule has 0 radical (unpaired) electrons. The summed E-state index contributed by atoms with van der Waals surface area (Å²) >= 11 is 11.3. The molecule has 6 nitrogen and oxygen atoms in total. The molecular formula is C13H10Cl2N2O4P+. The molecule has 0 aliphatic rings. The summed E-state index contributed by atoms with van der Waals surface area (Å²) in [4.78, 5) is 14.4. The van der Waals surface area contributed by atoms with Gasteiger partial charge in [0.25, 0.3) is 5.30 Å². The molecule has 1 unspecified atom stereocenters. The minimum absolute atomic E-state index is 0.0807. The third kappa shape index (κ3) is 3.71. The Morgan fingerprint density at radius 1 is 1.41 bits per heavy atom. The second-order valence-electron chi connectivity index (χ2n) is 4.22. The summed E-state index contributed by atoms with van der Waals surface area (Å²) in [5.41, 5.74) is 0.296. The molecule has 1 aromatic heterocycles. The maximum Gasteiger partial charge on any atom is 0.501 e. The van der Waals surface area contributed by atoms with Crippen LogP contribution in [0.2, 0.25) is 5.02 Å². The lowest BCUT2D eigenvalue weighted by molar-refractivity contribution is -0.383. The van der Waals surface area contributed by atoms with Crippen molar-refractivity contribution in [3.63, 3.8) is 0 Å². The number of nitro groups is 1. The molecule has 0 spiro atoms. The van der Waals surface area contributed by atoms with Gasteiger partial charge in [-0.3, -0.25) is 10.1 Å². The SMILES string of the molecule is CCc1cc([N+](=O)[O-])c([P+](=O)Cl)cc1Oc1ccc(Cl)cn1. The lowest BCUT2D eigenvalue weighted by atomic mass is 10.1. The van der Waals surface area contributed by atoms with E-state index in [0.717, 1.165) is 0 Å².